The number of likely N-dealkylation sites (N-methyl/N-ethyl adjacent to an activating group) is 1. The third-order valence-electron chi connectivity index (χ3n) is 4.81. The maximum Gasteiger partial charge on any atom is 0.193 e. The van der Waals surface area contributed by atoms with Gasteiger partial charge >= 0.3 is 0 Å². The first-order valence-electron chi connectivity index (χ1n) is 9.44. The van der Waals surface area contributed by atoms with Crippen molar-refractivity contribution < 1.29 is 13.9 Å². The largest absolute Gasteiger partial charge is 0.497 e. The van der Waals surface area contributed by atoms with Crippen LogP contribution < -0.4 is 14.8 Å². The Morgan fingerprint density at radius 3 is 2.31 bits per heavy atom. The molecule has 0 spiro atoms. The minimum Gasteiger partial charge on any atom is -0.497 e. The van der Waals surface area contributed by atoms with E-state index in [9.17, 15) is 4.39 Å². The van der Waals surface area contributed by atoms with Gasteiger partial charge in [0.05, 0.1) is 20.3 Å². The van der Waals surface area contributed by atoms with E-state index >= 15 is 0 Å². The molecular weight excluding hydrogens is 371 g/mol. The van der Waals surface area contributed by atoms with Crippen molar-refractivity contribution in [1.82, 2.24) is 15.1 Å². The van der Waals surface area contributed by atoms with Gasteiger partial charge in [0.1, 0.15) is 17.3 Å². The Kier molecular flexibility index (Phi) is 8.27. The predicted molar refractivity (Wildman–Crippen MR) is 115 cm³/mol. The molecule has 158 valence electrons. The van der Waals surface area contributed by atoms with E-state index in [4.69, 9.17) is 9.47 Å². The number of aliphatic imine (C=N–C) groups is 1. The molecule has 2 aromatic rings. The number of ether oxygens (including phenoxy) is 2. The van der Waals surface area contributed by atoms with Crippen LogP contribution in [0, 0.1) is 5.82 Å². The minimum atomic E-state index is -0.233. The van der Waals surface area contributed by atoms with Gasteiger partial charge < -0.3 is 24.6 Å². The fraction of sp³-hybridized carbons (Fsp3) is 0.409. The van der Waals surface area contributed by atoms with Crippen molar-refractivity contribution in [2.45, 2.75) is 12.6 Å². The van der Waals surface area contributed by atoms with E-state index in [1.54, 1.807) is 21.3 Å². The molecule has 0 aliphatic carbocycles. The van der Waals surface area contributed by atoms with E-state index < -0.39 is 0 Å². The summed E-state index contributed by atoms with van der Waals surface area (Å²) < 4.78 is 24.0. The Bertz CT molecular complexity index is 809. The first-order valence-corrected chi connectivity index (χ1v) is 9.44. The number of benzene rings is 2. The molecule has 0 amide bonds. The van der Waals surface area contributed by atoms with Crippen molar-refractivity contribution in [3.8, 4) is 11.5 Å². The molecule has 0 saturated carbocycles. The van der Waals surface area contributed by atoms with Gasteiger partial charge in [-0.15, -0.1) is 0 Å². The lowest BCUT2D eigenvalue weighted by molar-refractivity contribution is 0.295. The van der Waals surface area contributed by atoms with Crippen LogP contribution in [-0.4, -0.2) is 64.7 Å². The highest BCUT2D eigenvalue weighted by Gasteiger charge is 2.17. The lowest BCUT2D eigenvalue weighted by Crippen LogP contribution is -2.42. The average molecular weight is 403 g/mol. The maximum absolute atomic E-state index is 13.3. The summed E-state index contributed by atoms with van der Waals surface area (Å²) in [6, 6.07) is 12.5. The van der Waals surface area contributed by atoms with Gasteiger partial charge in [-0.25, -0.2) is 4.39 Å². The van der Waals surface area contributed by atoms with Crippen molar-refractivity contribution in [2.75, 3.05) is 49.0 Å². The molecule has 0 saturated heterocycles. The number of nitrogens with one attached hydrogen (secondary N) is 1. The monoisotopic (exact) mass is 402 g/mol. The van der Waals surface area contributed by atoms with E-state index in [2.05, 4.69) is 15.2 Å². The van der Waals surface area contributed by atoms with Crippen molar-refractivity contribution in [3.05, 3.63) is 59.4 Å². The van der Waals surface area contributed by atoms with Crippen LogP contribution in [0.2, 0.25) is 0 Å². The predicted octanol–water partition coefficient (Wildman–Crippen LogP) is 3.15. The number of halogens is 1. The SMILES string of the molecule is CN=C(NCC(c1ccc(F)cc1)N(C)C)N(C)Cc1ccc(OC)cc1OC. The molecule has 0 heterocycles. The van der Waals surface area contributed by atoms with Crippen LogP contribution >= 0.6 is 0 Å². The molecule has 1 atom stereocenters. The summed E-state index contributed by atoms with van der Waals surface area (Å²) in [6.45, 7) is 1.26. The van der Waals surface area contributed by atoms with Crippen LogP contribution in [0.3, 0.4) is 0 Å². The molecule has 2 rings (SSSR count). The number of rotatable bonds is 8. The Hall–Kier alpha value is -2.80. The van der Waals surface area contributed by atoms with Crippen LogP contribution in [0.25, 0.3) is 0 Å². The first-order chi connectivity index (χ1) is 13.9. The van der Waals surface area contributed by atoms with Crippen molar-refractivity contribution >= 4 is 5.96 Å². The van der Waals surface area contributed by atoms with E-state index in [1.165, 1.54) is 12.1 Å². The van der Waals surface area contributed by atoms with Gasteiger partial charge in [-0.1, -0.05) is 12.1 Å². The molecular formula is C22H31FN4O2. The topological polar surface area (TPSA) is 49.3 Å². The summed E-state index contributed by atoms with van der Waals surface area (Å²) in [7, 11) is 11.0. The minimum absolute atomic E-state index is 0.0799. The number of methoxy groups -OCH3 is 2. The van der Waals surface area contributed by atoms with Crippen LogP contribution in [0.4, 0.5) is 4.39 Å². The number of nitrogens with zero attached hydrogens (tertiary/aromatic N) is 3. The van der Waals surface area contributed by atoms with Gasteiger partial charge in [0.25, 0.3) is 0 Å². The van der Waals surface area contributed by atoms with E-state index in [1.807, 2.05) is 56.4 Å². The molecule has 2 aromatic carbocycles. The highest BCUT2D eigenvalue weighted by Crippen LogP contribution is 2.25. The van der Waals surface area contributed by atoms with Gasteiger partial charge in [0, 0.05) is 38.8 Å². The summed E-state index contributed by atoms with van der Waals surface area (Å²) in [5.74, 6) is 2.05. The zero-order valence-electron chi connectivity index (χ0n) is 18.1. The maximum atomic E-state index is 13.3. The molecule has 0 radical (unpaired) electrons. The van der Waals surface area contributed by atoms with Crippen molar-refractivity contribution in [2.24, 2.45) is 4.99 Å². The molecule has 1 N–H and O–H groups in total. The third kappa shape index (κ3) is 6.09. The molecule has 7 heteroatoms. The van der Waals surface area contributed by atoms with Crippen LogP contribution in [0.15, 0.2) is 47.5 Å². The molecule has 0 aliphatic heterocycles. The lowest BCUT2D eigenvalue weighted by Gasteiger charge is -2.28. The number of hydrogen-bond donors (Lipinski definition) is 1. The highest BCUT2D eigenvalue weighted by atomic mass is 19.1. The first kappa shape index (κ1) is 22.5. The van der Waals surface area contributed by atoms with Crippen molar-refractivity contribution in [3.63, 3.8) is 0 Å². The second kappa shape index (κ2) is 10.7. The van der Waals surface area contributed by atoms with Crippen LogP contribution in [0.5, 0.6) is 11.5 Å². The molecule has 6 nitrogen and oxygen atoms in total. The Morgan fingerprint density at radius 1 is 1.07 bits per heavy atom. The normalized spacial score (nSPS) is 12.6. The second-order valence-electron chi connectivity index (χ2n) is 6.99. The number of hydrogen-bond acceptors (Lipinski definition) is 4. The summed E-state index contributed by atoms with van der Waals surface area (Å²) >= 11 is 0. The molecule has 1 unspecified atom stereocenters. The standard InChI is InChI=1S/C22H31FN4O2/c1-24-22(25-14-20(26(2)3)16-7-10-18(23)11-8-16)27(4)15-17-9-12-19(28-5)13-21(17)29-6/h7-13,20H,14-15H2,1-6H3,(H,24,25). The summed E-state index contributed by atoms with van der Waals surface area (Å²) in [5, 5.41) is 3.42. The van der Waals surface area contributed by atoms with E-state index in [0.717, 1.165) is 28.6 Å². The smallest absolute Gasteiger partial charge is 0.193 e. The van der Waals surface area contributed by atoms with Gasteiger partial charge in [-0.2, -0.15) is 0 Å². The summed E-state index contributed by atoms with van der Waals surface area (Å²) in [5.41, 5.74) is 2.07. The average Bonchev–Trinajstić information content (AvgIpc) is 2.72. The molecule has 0 aromatic heterocycles. The zero-order valence-corrected chi connectivity index (χ0v) is 18.1. The van der Waals surface area contributed by atoms with Crippen LogP contribution in [0.1, 0.15) is 17.2 Å². The fourth-order valence-electron chi connectivity index (χ4n) is 3.17. The summed E-state index contributed by atoms with van der Waals surface area (Å²) in [6.07, 6.45) is 0. The van der Waals surface area contributed by atoms with Gasteiger partial charge in [-0.3, -0.25) is 4.99 Å². The lowest BCUT2D eigenvalue weighted by atomic mass is 10.1. The number of guanidine groups is 1. The Labute approximate surface area is 172 Å². The fourth-order valence-corrected chi connectivity index (χ4v) is 3.17. The molecule has 0 fully saturated rings. The molecule has 0 bridgehead atoms. The van der Waals surface area contributed by atoms with Gasteiger partial charge in [0.15, 0.2) is 5.96 Å². The molecule has 29 heavy (non-hydrogen) atoms. The van der Waals surface area contributed by atoms with E-state index in [-0.39, 0.29) is 11.9 Å². The van der Waals surface area contributed by atoms with Gasteiger partial charge in [-0.05, 0) is 43.9 Å². The quantitative estimate of drug-likeness (QED) is 0.543. The van der Waals surface area contributed by atoms with E-state index in [0.29, 0.717) is 13.1 Å². The Balaban J connectivity index is 2.07. The molecule has 0 aliphatic rings. The second-order valence-corrected chi connectivity index (χ2v) is 6.99. The van der Waals surface area contributed by atoms with Crippen LogP contribution in [-0.2, 0) is 6.54 Å². The highest BCUT2D eigenvalue weighted by molar-refractivity contribution is 5.79. The Morgan fingerprint density at radius 2 is 1.76 bits per heavy atom. The van der Waals surface area contributed by atoms with Crippen molar-refractivity contribution in [1.29, 1.82) is 0 Å². The third-order valence-corrected chi connectivity index (χ3v) is 4.81. The van der Waals surface area contributed by atoms with Gasteiger partial charge in [0.2, 0.25) is 0 Å². The summed E-state index contributed by atoms with van der Waals surface area (Å²) in [4.78, 5) is 8.53. The zero-order chi connectivity index (χ0) is 21.4.